The molecule has 0 saturated heterocycles. The van der Waals surface area contributed by atoms with Gasteiger partial charge in [-0.15, -0.1) is 6.58 Å². The fourth-order valence-electron chi connectivity index (χ4n) is 7.63. The zero-order chi connectivity index (χ0) is 46.6. The maximum atomic E-state index is 4.49. The molecule has 336 valence electrons. The van der Waals surface area contributed by atoms with E-state index in [0.717, 1.165) is 51.4 Å². The maximum Gasteiger partial charge on any atom is -0.00132 e. The van der Waals surface area contributed by atoms with Gasteiger partial charge in [0.05, 0.1) is 0 Å². The summed E-state index contributed by atoms with van der Waals surface area (Å²) in [4.78, 5) is 0. The monoisotopic (exact) mass is 817 g/mol. The summed E-state index contributed by atoms with van der Waals surface area (Å²) in [6.07, 6.45) is 42.5. The lowest BCUT2D eigenvalue weighted by atomic mass is 9.77. The van der Waals surface area contributed by atoms with Gasteiger partial charge in [-0.3, -0.25) is 0 Å². The molecular weight excluding hydrogens is 721 g/mol. The van der Waals surface area contributed by atoms with E-state index in [1.807, 2.05) is 60.6 Å². The van der Waals surface area contributed by atoms with Crippen LogP contribution in [0.25, 0.3) is 0 Å². The zero-order valence-electron chi connectivity index (χ0n) is 42.5. The highest BCUT2D eigenvalue weighted by Gasteiger charge is 2.22. The molecule has 0 fully saturated rings. The van der Waals surface area contributed by atoms with Gasteiger partial charge in [0, 0.05) is 0 Å². The van der Waals surface area contributed by atoms with Gasteiger partial charge < -0.3 is 0 Å². The highest BCUT2D eigenvalue weighted by molar-refractivity contribution is 5.57. The van der Waals surface area contributed by atoms with Crippen molar-refractivity contribution in [2.24, 2.45) is 23.7 Å². The molecule has 0 aromatic heterocycles. The molecular formula is C60H96. The molecule has 4 atom stereocenters. The summed E-state index contributed by atoms with van der Waals surface area (Å²) < 4.78 is 0. The number of hydrogen-bond donors (Lipinski definition) is 0. The first-order valence-electron chi connectivity index (χ1n) is 24.0. The largest absolute Gasteiger partial charge is 0.103 e. The van der Waals surface area contributed by atoms with Crippen molar-refractivity contribution in [1.29, 1.82) is 0 Å². The molecule has 0 aliphatic heterocycles. The van der Waals surface area contributed by atoms with Crippen LogP contribution in [0.2, 0.25) is 0 Å². The molecule has 0 saturated carbocycles. The Bertz CT molecular complexity index is 1580. The molecule has 0 heterocycles. The molecule has 0 spiro atoms. The number of allylic oxidation sites excluding steroid dienone is 25. The standard InChI is InChI=1S/C51H72.C3H6.3C2H6/c1-14-23-43(25-22-27-50(37(8)15-2)41(12)45(16-3)17-4)30-28-38(9)39(10)29-33-46(18-5)48-34-31-44(32-35-48)36-47(19-6)49(20-7)42(13)51-26-21-24-40(51)11;1-3-2;3*1-2/h15,19-21,23,26-31,33-34,38,44,46,48H,6-7,10-11,14,16-18,22,24-25,32,35-36H2,1-5,8-9,12-13H3;3H,1H2,2H3;3*1-2H3/b30-28-,33-29-,37-15-,43-23-,49-47-,50-27+,51-42-;;;;. The molecule has 0 N–H and O–H groups in total. The van der Waals surface area contributed by atoms with Gasteiger partial charge >= 0.3 is 0 Å². The Hall–Kier alpha value is -3.90. The van der Waals surface area contributed by atoms with Gasteiger partial charge in [0.2, 0.25) is 0 Å². The molecule has 2 rings (SSSR count). The Morgan fingerprint density at radius 2 is 1.45 bits per heavy atom. The molecule has 2 aliphatic rings. The van der Waals surface area contributed by atoms with E-state index in [2.05, 4.69) is 162 Å². The topological polar surface area (TPSA) is 0 Å². The third kappa shape index (κ3) is 22.1. The Morgan fingerprint density at radius 3 is 1.90 bits per heavy atom. The van der Waals surface area contributed by atoms with Crippen molar-refractivity contribution in [1.82, 2.24) is 0 Å². The first-order valence-corrected chi connectivity index (χ1v) is 24.0. The first-order chi connectivity index (χ1) is 28.9. The quantitative estimate of drug-likeness (QED) is 0.0848. The van der Waals surface area contributed by atoms with Crippen molar-refractivity contribution >= 4 is 0 Å². The summed E-state index contributed by atoms with van der Waals surface area (Å²) in [6, 6.07) is 0. The summed E-state index contributed by atoms with van der Waals surface area (Å²) in [7, 11) is 0. The number of rotatable bonds is 20. The molecule has 0 bridgehead atoms. The van der Waals surface area contributed by atoms with E-state index in [1.54, 1.807) is 11.6 Å². The Labute approximate surface area is 376 Å². The molecule has 0 amide bonds. The second-order valence-electron chi connectivity index (χ2n) is 15.0. The predicted molar refractivity (Wildman–Crippen MR) is 282 cm³/mol. The van der Waals surface area contributed by atoms with Crippen molar-refractivity contribution in [2.75, 3.05) is 0 Å². The Balaban J connectivity index is -0.00000334. The average Bonchev–Trinajstić information content (AvgIpc) is 3.72. The van der Waals surface area contributed by atoms with Crippen LogP contribution in [-0.4, -0.2) is 0 Å². The van der Waals surface area contributed by atoms with Crippen LogP contribution in [-0.2, 0) is 0 Å². The molecule has 4 unspecified atom stereocenters. The van der Waals surface area contributed by atoms with Gasteiger partial charge in [0.25, 0.3) is 0 Å². The third-order valence-corrected chi connectivity index (χ3v) is 11.3. The highest BCUT2D eigenvalue weighted by atomic mass is 14.3. The highest BCUT2D eigenvalue weighted by Crippen LogP contribution is 2.36. The minimum Gasteiger partial charge on any atom is -0.103 e. The van der Waals surface area contributed by atoms with Crippen molar-refractivity contribution in [2.45, 2.75) is 175 Å². The number of hydrogen-bond acceptors (Lipinski definition) is 0. The molecule has 0 aromatic carbocycles. The molecule has 0 aromatic rings. The maximum absolute atomic E-state index is 4.49. The summed E-state index contributed by atoms with van der Waals surface area (Å²) in [5.41, 5.74) is 14.6. The van der Waals surface area contributed by atoms with Crippen LogP contribution in [0.3, 0.4) is 0 Å². The van der Waals surface area contributed by atoms with Gasteiger partial charge in [-0.05, 0) is 173 Å². The lowest BCUT2D eigenvalue weighted by Gasteiger charge is -2.28. The summed E-state index contributed by atoms with van der Waals surface area (Å²) in [5.74, 6) is 1.91. The van der Waals surface area contributed by atoms with Crippen LogP contribution in [0.1, 0.15) is 175 Å². The molecule has 60 heavy (non-hydrogen) atoms. The van der Waals surface area contributed by atoms with E-state index >= 15 is 0 Å². The Kier molecular flexibility index (Phi) is 38.3. The predicted octanol–water partition coefficient (Wildman–Crippen LogP) is 20.2. The van der Waals surface area contributed by atoms with Crippen LogP contribution < -0.4 is 0 Å². The lowest BCUT2D eigenvalue weighted by molar-refractivity contribution is 0.373. The molecule has 0 heteroatoms. The van der Waals surface area contributed by atoms with E-state index < -0.39 is 0 Å². The molecule has 0 nitrogen and oxygen atoms in total. The van der Waals surface area contributed by atoms with E-state index in [1.165, 1.54) is 68.6 Å². The van der Waals surface area contributed by atoms with E-state index in [9.17, 15) is 0 Å². The second-order valence-corrected chi connectivity index (χ2v) is 15.0. The summed E-state index contributed by atoms with van der Waals surface area (Å²) in [5, 5.41) is 0. The molecule has 2 aliphatic carbocycles. The van der Waals surface area contributed by atoms with Crippen LogP contribution in [0.15, 0.2) is 179 Å². The van der Waals surface area contributed by atoms with Crippen LogP contribution in [0, 0.1) is 23.7 Å². The van der Waals surface area contributed by atoms with Gasteiger partial charge in [-0.25, -0.2) is 0 Å². The lowest BCUT2D eigenvalue weighted by Crippen LogP contribution is -2.16. The SMILES string of the molecule is C=C/C(CC1C=CC(C(/C=C\C(=C)C(C)/C=C\C(=C/CC)CC/C=C(C(C)=C(CC)CC)\C(C)=C/C)CC)CC1)=C(C=C)/C(C)=C1/C=CCC1=C.C=CC.CC.CC.CC. The van der Waals surface area contributed by atoms with E-state index in [-0.39, 0.29) is 0 Å². The fraction of sp³-hybridized carbons (Fsp3) is 0.500. The van der Waals surface area contributed by atoms with Gasteiger partial charge in [-0.2, -0.15) is 0 Å². The molecule has 0 radical (unpaired) electrons. The normalized spacial score (nSPS) is 18.6. The van der Waals surface area contributed by atoms with Crippen molar-refractivity contribution in [3.05, 3.63) is 179 Å². The van der Waals surface area contributed by atoms with Crippen LogP contribution in [0.4, 0.5) is 0 Å². The van der Waals surface area contributed by atoms with Crippen LogP contribution in [0.5, 0.6) is 0 Å². The zero-order valence-corrected chi connectivity index (χ0v) is 42.5. The smallest absolute Gasteiger partial charge is 0.00132 e. The average molecular weight is 817 g/mol. The van der Waals surface area contributed by atoms with E-state index in [4.69, 9.17) is 0 Å². The second kappa shape index (κ2) is 38.1. The third-order valence-electron chi connectivity index (χ3n) is 11.3. The first kappa shape index (κ1) is 60.4. The summed E-state index contributed by atoms with van der Waals surface area (Å²) in [6.45, 7) is 54.6. The minimum absolute atomic E-state index is 0.294. The van der Waals surface area contributed by atoms with Crippen LogP contribution >= 0.6 is 0 Å². The van der Waals surface area contributed by atoms with Gasteiger partial charge in [0.1, 0.15) is 0 Å². The van der Waals surface area contributed by atoms with Gasteiger partial charge in [0.15, 0.2) is 0 Å². The minimum atomic E-state index is 0.294. The van der Waals surface area contributed by atoms with Crippen molar-refractivity contribution in [3.8, 4) is 0 Å². The van der Waals surface area contributed by atoms with Crippen molar-refractivity contribution < 1.29 is 0 Å². The Morgan fingerprint density at radius 1 is 0.833 bits per heavy atom. The summed E-state index contributed by atoms with van der Waals surface area (Å²) >= 11 is 0. The fourth-order valence-corrected chi connectivity index (χ4v) is 7.63. The van der Waals surface area contributed by atoms with Gasteiger partial charge in [-0.1, -0.05) is 199 Å². The van der Waals surface area contributed by atoms with Crippen molar-refractivity contribution in [3.63, 3.8) is 0 Å². The van der Waals surface area contributed by atoms with E-state index in [0.29, 0.717) is 23.7 Å².